The average molecular weight is 297 g/mol. The third kappa shape index (κ3) is 3.18. The van der Waals surface area contributed by atoms with E-state index >= 15 is 0 Å². The van der Waals surface area contributed by atoms with Crippen LogP contribution in [0.1, 0.15) is 33.6 Å². The molecule has 7 nitrogen and oxygen atoms in total. The second-order valence-electron chi connectivity index (χ2n) is 6.44. The molecule has 0 aliphatic carbocycles. The van der Waals surface area contributed by atoms with E-state index in [1.807, 2.05) is 6.92 Å². The Labute approximate surface area is 124 Å². The van der Waals surface area contributed by atoms with Gasteiger partial charge in [-0.15, -0.1) is 0 Å². The Morgan fingerprint density at radius 1 is 1.43 bits per heavy atom. The molecule has 2 heterocycles. The van der Waals surface area contributed by atoms with E-state index in [2.05, 4.69) is 5.32 Å². The third-order valence-electron chi connectivity index (χ3n) is 4.21. The van der Waals surface area contributed by atoms with Crippen molar-refractivity contribution in [1.82, 2.24) is 15.1 Å². The van der Waals surface area contributed by atoms with E-state index in [1.165, 1.54) is 0 Å². The van der Waals surface area contributed by atoms with Crippen LogP contribution < -0.4 is 5.32 Å². The summed E-state index contributed by atoms with van der Waals surface area (Å²) in [7, 11) is 0. The highest BCUT2D eigenvalue weighted by atomic mass is 16.3. The van der Waals surface area contributed by atoms with Gasteiger partial charge in [-0.05, 0) is 26.2 Å². The summed E-state index contributed by atoms with van der Waals surface area (Å²) < 4.78 is 0. The zero-order valence-electron chi connectivity index (χ0n) is 12.8. The average Bonchev–Trinajstić information content (AvgIpc) is 2.59. The highest BCUT2D eigenvalue weighted by molar-refractivity contribution is 6.06. The number of hydrogen-bond donors (Lipinski definition) is 2. The molecule has 2 saturated heterocycles. The van der Waals surface area contributed by atoms with Gasteiger partial charge in [0.15, 0.2) is 0 Å². The first kappa shape index (κ1) is 15.8. The number of urea groups is 1. The van der Waals surface area contributed by atoms with Gasteiger partial charge >= 0.3 is 6.03 Å². The Bertz CT molecular complexity index is 463. The zero-order valence-corrected chi connectivity index (χ0v) is 12.8. The van der Waals surface area contributed by atoms with Crippen LogP contribution in [-0.4, -0.2) is 64.0 Å². The molecule has 21 heavy (non-hydrogen) atoms. The van der Waals surface area contributed by atoms with Crippen LogP contribution in [0, 0.1) is 5.92 Å². The fraction of sp³-hybridized carbons (Fsp3) is 0.786. The largest absolute Gasteiger partial charge is 0.393 e. The van der Waals surface area contributed by atoms with Crippen molar-refractivity contribution in [3.05, 3.63) is 0 Å². The lowest BCUT2D eigenvalue weighted by Crippen LogP contribution is -2.46. The van der Waals surface area contributed by atoms with Gasteiger partial charge < -0.3 is 15.3 Å². The molecule has 7 heteroatoms. The maximum absolute atomic E-state index is 12.2. The van der Waals surface area contributed by atoms with E-state index in [9.17, 15) is 19.5 Å². The first-order valence-corrected chi connectivity index (χ1v) is 7.32. The van der Waals surface area contributed by atoms with Crippen molar-refractivity contribution in [1.29, 1.82) is 0 Å². The second kappa shape index (κ2) is 5.63. The van der Waals surface area contributed by atoms with Gasteiger partial charge in [0, 0.05) is 26.1 Å². The van der Waals surface area contributed by atoms with E-state index in [1.54, 1.807) is 18.7 Å². The van der Waals surface area contributed by atoms with Crippen molar-refractivity contribution in [2.75, 3.05) is 19.6 Å². The quantitative estimate of drug-likeness (QED) is 0.714. The highest BCUT2D eigenvalue weighted by Gasteiger charge is 2.44. The number of aliphatic hydroxyl groups is 1. The fourth-order valence-electron chi connectivity index (χ4n) is 2.75. The van der Waals surface area contributed by atoms with Crippen LogP contribution >= 0.6 is 0 Å². The molecule has 2 N–H and O–H groups in total. The standard InChI is InChI=1S/C14H23N3O4/c1-9-8-16(6-4-10(9)18)11(19)5-7-17-12(20)14(2,3)15-13(17)21/h9-10,18H,4-8H2,1-3H3,(H,15,21). The number of imide groups is 1. The van der Waals surface area contributed by atoms with Gasteiger partial charge in [-0.1, -0.05) is 6.92 Å². The summed E-state index contributed by atoms with van der Waals surface area (Å²) in [5, 5.41) is 12.3. The lowest BCUT2D eigenvalue weighted by Gasteiger charge is -2.34. The van der Waals surface area contributed by atoms with Crippen molar-refractivity contribution in [2.45, 2.75) is 45.3 Å². The molecule has 0 aromatic heterocycles. The number of carbonyl (C=O) groups excluding carboxylic acids is 3. The molecule has 2 atom stereocenters. The van der Waals surface area contributed by atoms with Crippen LogP contribution in [0.15, 0.2) is 0 Å². The van der Waals surface area contributed by atoms with Crippen LogP contribution in [0.2, 0.25) is 0 Å². The topological polar surface area (TPSA) is 90.0 Å². The molecule has 0 aromatic rings. The summed E-state index contributed by atoms with van der Waals surface area (Å²) >= 11 is 0. The molecule has 4 amide bonds. The van der Waals surface area contributed by atoms with Gasteiger partial charge in [0.05, 0.1) is 6.10 Å². The Balaban J connectivity index is 1.87. The molecule has 118 valence electrons. The van der Waals surface area contributed by atoms with Crippen LogP contribution in [0.25, 0.3) is 0 Å². The van der Waals surface area contributed by atoms with Crippen molar-refractivity contribution in [3.63, 3.8) is 0 Å². The molecular weight excluding hydrogens is 274 g/mol. The van der Waals surface area contributed by atoms with Crippen molar-refractivity contribution < 1.29 is 19.5 Å². The smallest absolute Gasteiger partial charge is 0.325 e. The Hall–Kier alpha value is -1.63. The highest BCUT2D eigenvalue weighted by Crippen LogP contribution is 2.19. The number of carbonyl (C=O) groups is 3. The number of hydrogen-bond acceptors (Lipinski definition) is 4. The number of likely N-dealkylation sites (tertiary alicyclic amines) is 1. The first-order valence-electron chi connectivity index (χ1n) is 7.32. The lowest BCUT2D eigenvalue weighted by molar-refractivity contribution is -0.135. The number of nitrogens with one attached hydrogen (secondary N) is 1. The monoisotopic (exact) mass is 297 g/mol. The Kier molecular flexibility index (Phi) is 4.22. The summed E-state index contributed by atoms with van der Waals surface area (Å²) in [5.41, 5.74) is -0.899. The first-order chi connectivity index (χ1) is 9.72. The van der Waals surface area contributed by atoms with E-state index in [4.69, 9.17) is 0 Å². The molecule has 2 unspecified atom stereocenters. The van der Waals surface area contributed by atoms with E-state index in [-0.39, 0.29) is 36.8 Å². The fourth-order valence-corrected chi connectivity index (χ4v) is 2.75. The van der Waals surface area contributed by atoms with E-state index in [0.29, 0.717) is 19.5 Å². The predicted octanol–water partition coefficient (Wildman–Crippen LogP) is -0.0638. The minimum Gasteiger partial charge on any atom is -0.393 e. The van der Waals surface area contributed by atoms with Gasteiger partial charge in [-0.25, -0.2) is 4.79 Å². The normalized spacial score (nSPS) is 28.8. The van der Waals surface area contributed by atoms with Gasteiger partial charge in [-0.3, -0.25) is 14.5 Å². The zero-order chi connectivity index (χ0) is 15.8. The Morgan fingerprint density at radius 2 is 2.10 bits per heavy atom. The molecule has 2 rings (SSSR count). The maximum atomic E-state index is 12.2. The van der Waals surface area contributed by atoms with Gasteiger partial charge in [0.25, 0.3) is 5.91 Å². The third-order valence-corrected chi connectivity index (χ3v) is 4.21. The van der Waals surface area contributed by atoms with Crippen LogP contribution in [-0.2, 0) is 9.59 Å². The SMILES string of the molecule is CC1CN(C(=O)CCN2C(=O)NC(C)(C)C2=O)CCC1O. The number of piperidine rings is 1. The molecule has 0 saturated carbocycles. The Morgan fingerprint density at radius 3 is 2.62 bits per heavy atom. The lowest BCUT2D eigenvalue weighted by atomic mass is 9.96. The number of nitrogens with zero attached hydrogens (tertiary/aromatic N) is 2. The summed E-state index contributed by atoms with van der Waals surface area (Å²) in [4.78, 5) is 38.7. The predicted molar refractivity (Wildman–Crippen MR) is 75.3 cm³/mol. The molecule has 0 spiro atoms. The maximum Gasteiger partial charge on any atom is 0.325 e. The summed E-state index contributed by atoms with van der Waals surface area (Å²) in [5.74, 6) is -0.333. The molecule has 2 aliphatic rings. The van der Waals surface area contributed by atoms with E-state index < -0.39 is 11.6 Å². The van der Waals surface area contributed by atoms with Crippen molar-refractivity contribution >= 4 is 17.8 Å². The molecule has 0 bridgehead atoms. The molecule has 0 radical (unpaired) electrons. The number of amides is 4. The number of aliphatic hydroxyl groups excluding tert-OH is 1. The molecule has 2 fully saturated rings. The van der Waals surface area contributed by atoms with Gasteiger partial charge in [0.1, 0.15) is 5.54 Å². The van der Waals surface area contributed by atoms with Crippen LogP contribution in [0.5, 0.6) is 0 Å². The summed E-state index contributed by atoms with van der Waals surface area (Å²) in [6, 6.07) is -0.444. The van der Waals surface area contributed by atoms with Gasteiger partial charge in [-0.2, -0.15) is 0 Å². The molecular formula is C14H23N3O4. The minimum absolute atomic E-state index is 0.0540. The van der Waals surface area contributed by atoms with Crippen LogP contribution in [0.3, 0.4) is 0 Å². The van der Waals surface area contributed by atoms with Gasteiger partial charge in [0.2, 0.25) is 5.91 Å². The minimum atomic E-state index is -0.899. The molecule has 2 aliphatic heterocycles. The number of rotatable bonds is 3. The second-order valence-corrected chi connectivity index (χ2v) is 6.44. The summed E-state index contributed by atoms with van der Waals surface area (Å²) in [6.45, 7) is 6.33. The van der Waals surface area contributed by atoms with Crippen molar-refractivity contribution in [2.24, 2.45) is 5.92 Å². The van der Waals surface area contributed by atoms with Crippen LogP contribution in [0.4, 0.5) is 4.79 Å². The summed E-state index contributed by atoms with van der Waals surface area (Å²) in [6.07, 6.45) is 0.335. The van der Waals surface area contributed by atoms with Crippen molar-refractivity contribution in [3.8, 4) is 0 Å². The van der Waals surface area contributed by atoms with E-state index in [0.717, 1.165) is 4.90 Å². The molecule has 0 aromatic carbocycles.